The molecule has 0 radical (unpaired) electrons. The van der Waals surface area contributed by atoms with E-state index in [-0.39, 0.29) is 5.91 Å². The molecule has 1 aliphatic heterocycles. The van der Waals surface area contributed by atoms with Gasteiger partial charge in [0.25, 0.3) is 5.91 Å². The van der Waals surface area contributed by atoms with Crippen LogP contribution in [0.15, 0.2) is 24.3 Å². The topological polar surface area (TPSA) is 58.2 Å². The Hall–Kier alpha value is -1.88. The van der Waals surface area contributed by atoms with E-state index >= 15 is 0 Å². The monoisotopic (exact) mass is 259 g/mol. The van der Waals surface area contributed by atoms with Gasteiger partial charge in [0.15, 0.2) is 5.69 Å². The van der Waals surface area contributed by atoms with Gasteiger partial charge in [-0.15, -0.1) is 0 Å². The van der Waals surface area contributed by atoms with Gasteiger partial charge in [-0.1, -0.05) is 18.2 Å². The highest BCUT2D eigenvalue weighted by Crippen LogP contribution is 2.22. The van der Waals surface area contributed by atoms with Gasteiger partial charge in [-0.2, -0.15) is 5.10 Å². The van der Waals surface area contributed by atoms with Crippen LogP contribution in [0.2, 0.25) is 0 Å². The molecular weight excluding hydrogens is 242 g/mol. The van der Waals surface area contributed by atoms with E-state index in [9.17, 15) is 4.79 Å². The number of amides is 1. The third-order valence-electron chi connectivity index (χ3n) is 3.65. The minimum atomic E-state index is 0.0102. The van der Waals surface area contributed by atoms with Crippen molar-refractivity contribution in [2.24, 2.45) is 5.92 Å². The molecule has 1 atom stereocenters. The summed E-state index contributed by atoms with van der Waals surface area (Å²) in [6.07, 6.45) is 1.00. The van der Waals surface area contributed by atoms with Crippen molar-refractivity contribution in [1.82, 2.24) is 15.1 Å². The molecule has 1 N–H and O–H groups in total. The number of H-pyrrole nitrogens is 1. The van der Waals surface area contributed by atoms with E-state index in [2.05, 4.69) is 10.2 Å². The number of aromatic nitrogens is 2. The van der Waals surface area contributed by atoms with Crippen molar-refractivity contribution in [2.75, 3.05) is 26.8 Å². The first-order chi connectivity index (χ1) is 9.29. The van der Waals surface area contributed by atoms with Crippen molar-refractivity contribution in [2.45, 2.75) is 6.42 Å². The summed E-state index contributed by atoms with van der Waals surface area (Å²) in [5.41, 5.74) is 1.42. The molecule has 19 heavy (non-hydrogen) atoms. The number of hydrogen-bond acceptors (Lipinski definition) is 3. The quantitative estimate of drug-likeness (QED) is 0.912. The molecule has 1 aromatic carbocycles. The molecule has 0 bridgehead atoms. The van der Waals surface area contributed by atoms with Crippen LogP contribution < -0.4 is 0 Å². The lowest BCUT2D eigenvalue weighted by Gasteiger charge is -2.15. The van der Waals surface area contributed by atoms with Gasteiger partial charge in [-0.05, 0) is 12.5 Å². The molecule has 2 aromatic rings. The highest BCUT2D eigenvalue weighted by molar-refractivity contribution is 6.04. The zero-order valence-corrected chi connectivity index (χ0v) is 10.9. The Morgan fingerprint density at radius 3 is 3.21 bits per heavy atom. The lowest BCUT2D eigenvalue weighted by atomic mass is 10.1. The molecule has 0 aliphatic carbocycles. The number of nitrogens with zero attached hydrogens (tertiary/aromatic N) is 2. The second kappa shape index (κ2) is 5.01. The summed E-state index contributed by atoms with van der Waals surface area (Å²) in [5.74, 6) is 0.454. The van der Waals surface area contributed by atoms with Gasteiger partial charge in [-0.3, -0.25) is 9.89 Å². The first kappa shape index (κ1) is 12.2. The molecule has 1 fully saturated rings. The Labute approximate surface area is 111 Å². The number of nitrogens with one attached hydrogen (secondary N) is 1. The first-order valence-electron chi connectivity index (χ1n) is 6.51. The maximum absolute atomic E-state index is 12.5. The van der Waals surface area contributed by atoms with Crippen LogP contribution in [0.25, 0.3) is 10.9 Å². The zero-order chi connectivity index (χ0) is 13.2. The van der Waals surface area contributed by atoms with Gasteiger partial charge in [0.1, 0.15) is 0 Å². The van der Waals surface area contributed by atoms with E-state index in [0.29, 0.717) is 18.2 Å². The number of carbonyl (C=O) groups excluding carboxylic acids is 1. The Morgan fingerprint density at radius 2 is 2.37 bits per heavy atom. The van der Waals surface area contributed by atoms with E-state index in [1.54, 1.807) is 7.11 Å². The first-order valence-corrected chi connectivity index (χ1v) is 6.51. The van der Waals surface area contributed by atoms with Crippen molar-refractivity contribution in [3.63, 3.8) is 0 Å². The average molecular weight is 259 g/mol. The molecule has 5 nitrogen and oxygen atoms in total. The molecule has 1 unspecified atom stereocenters. The average Bonchev–Trinajstić information content (AvgIpc) is 3.05. The fourth-order valence-electron chi connectivity index (χ4n) is 2.67. The van der Waals surface area contributed by atoms with E-state index in [1.165, 1.54) is 0 Å². The summed E-state index contributed by atoms with van der Waals surface area (Å²) < 4.78 is 5.16. The number of likely N-dealkylation sites (tertiary alicyclic amines) is 1. The number of carbonyl (C=O) groups is 1. The minimum absolute atomic E-state index is 0.0102. The van der Waals surface area contributed by atoms with Crippen molar-refractivity contribution in [3.05, 3.63) is 30.0 Å². The number of fused-ring (bicyclic) bond motifs is 1. The van der Waals surface area contributed by atoms with Crippen LogP contribution in [0.3, 0.4) is 0 Å². The Morgan fingerprint density at radius 1 is 1.53 bits per heavy atom. The predicted octanol–water partition coefficient (Wildman–Crippen LogP) is 1.67. The maximum Gasteiger partial charge on any atom is 0.275 e. The summed E-state index contributed by atoms with van der Waals surface area (Å²) in [7, 11) is 1.70. The molecule has 1 amide bonds. The van der Waals surface area contributed by atoms with Crippen LogP contribution in [0.4, 0.5) is 0 Å². The molecule has 2 heterocycles. The standard InChI is InChI=1S/C14H17N3O2/c1-19-9-10-6-7-17(8-10)14(18)13-11-4-2-3-5-12(11)15-16-13/h2-5,10H,6-9H2,1H3,(H,15,16). The lowest BCUT2D eigenvalue weighted by Crippen LogP contribution is -2.29. The fraction of sp³-hybridized carbons (Fsp3) is 0.429. The van der Waals surface area contributed by atoms with Crippen molar-refractivity contribution in [1.29, 1.82) is 0 Å². The highest BCUT2D eigenvalue weighted by Gasteiger charge is 2.28. The summed E-state index contributed by atoms with van der Waals surface area (Å²) in [6.45, 7) is 2.26. The number of methoxy groups -OCH3 is 1. The predicted molar refractivity (Wildman–Crippen MR) is 72.0 cm³/mol. The number of benzene rings is 1. The molecule has 3 rings (SSSR count). The van der Waals surface area contributed by atoms with Crippen LogP contribution in [0, 0.1) is 5.92 Å². The van der Waals surface area contributed by atoms with E-state index < -0.39 is 0 Å². The van der Waals surface area contributed by atoms with Crippen LogP contribution in [-0.2, 0) is 4.74 Å². The van der Waals surface area contributed by atoms with Crippen molar-refractivity contribution >= 4 is 16.8 Å². The fourth-order valence-corrected chi connectivity index (χ4v) is 2.67. The highest BCUT2D eigenvalue weighted by atomic mass is 16.5. The summed E-state index contributed by atoms with van der Waals surface area (Å²) in [4.78, 5) is 14.3. The van der Waals surface area contributed by atoms with Crippen LogP contribution in [-0.4, -0.2) is 47.8 Å². The molecule has 5 heteroatoms. The Bertz CT molecular complexity index is 593. The van der Waals surface area contributed by atoms with E-state index in [4.69, 9.17) is 4.74 Å². The van der Waals surface area contributed by atoms with Gasteiger partial charge in [-0.25, -0.2) is 0 Å². The Balaban J connectivity index is 1.81. The van der Waals surface area contributed by atoms with Crippen LogP contribution in [0.5, 0.6) is 0 Å². The van der Waals surface area contributed by atoms with Crippen LogP contribution in [0.1, 0.15) is 16.9 Å². The maximum atomic E-state index is 12.5. The Kier molecular flexibility index (Phi) is 3.21. The van der Waals surface area contributed by atoms with Crippen molar-refractivity contribution < 1.29 is 9.53 Å². The van der Waals surface area contributed by atoms with Crippen LogP contribution >= 0.6 is 0 Å². The third-order valence-corrected chi connectivity index (χ3v) is 3.65. The van der Waals surface area contributed by atoms with E-state index in [0.717, 1.165) is 30.4 Å². The molecule has 100 valence electrons. The van der Waals surface area contributed by atoms with Gasteiger partial charge >= 0.3 is 0 Å². The number of ether oxygens (including phenoxy) is 1. The normalized spacial score (nSPS) is 19.2. The summed E-state index contributed by atoms with van der Waals surface area (Å²) in [5, 5.41) is 7.96. The summed E-state index contributed by atoms with van der Waals surface area (Å²) in [6, 6.07) is 7.71. The molecule has 0 spiro atoms. The van der Waals surface area contributed by atoms with Gasteiger partial charge in [0, 0.05) is 31.5 Å². The van der Waals surface area contributed by atoms with Gasteiger partial charge in [0.2, 0.25) is 0 Å². The SMILES string of the molecule is COCC1CCN(C(=O)c2n[nH]c3ccccc23)C1. The number of para-hydroxylation sites is 1. The van der Waals surface area contributed by atoms with E-state index in [1.807, 2.05) is 29.2 Å². The molecule has 1 saturated heterocycles. The molecule has 0 saturated carbocycles. The minimum Gasteiger partial charge on any atom is -0.384 e. The summed E-state index contributed by atoms with van der Waals surface area (Å²) >= 11 is 0. The molecule has 1 aliphatic rings. The number of aromatic amines is 1. The van der Waals surface area contributed by atoms with Gasteiger partial charge < -0.3 is 9.64 Å². The second-order valence-electron chi connectivity index (χ2n) is 4.98. The lowest BCUT2D eigenvalue weighted by molar-refractivity contribution is 0.0771. The molecule has 1 aromatic heterocycles. The van der Waals surface area contributed by atoms with Crippen molar-refractivity contribution in [3.8, 4) is 0 Å². The third kappa shape index (κ3) is 2.21. The number of rotatable bonds is 3. The smallest absolute Gasteiger partial charge is 0.275 e. The van der Waals surface area contributed by atoms with Gasteiger partial charge in [0.05, 0.1) is 12.1 Å². The molecular formula is C14H17N3O2. The second-order valence-corrected chi connectivity index (χ2v) is 4.98. The largest absolute Gasteiger partial charge is 0.384 e. The zero-order valence-electron chi connectivity index (χ0n) is 10.9. The number of hydrogen-bond donors (Lipinski definition) is 1.